The summed E-state index contributed by atoms with van der Waals surface area (Å²) in [5, 5.41) is 5.63. The molecule has 0 bridgehead atoms. The summed E-state index contributed by atoms with van der Waals surface area (Å²) in [5.74, 6) is 1.51. The van der Waals surface area contributed by atoms with Crippen molar-refractivity contribution in [2.75, 3.05) is 59.2 Å². The smallest absolute Gasteiger partial charge is 0.314 e. The number of carbonyl (C=O) groups is 1. The van der Waals surface area contributed by atoms with Crippen molar-refractivity contribution in [2.45, 2.75) is 6.92 Å². The molecule has 7 heteroatoms. The minimum Gasteiger partial charge on any atom is -0.494 e. The van der Waals surface area contributed by atoms with Gasteiger partial charge in [-0.05, 0) is 19.1 Å². The molecule has 1 fully saturated rings. The molecule has 0 spiro atoms. The maximum Gasteiger partial charge on any atom is 0.314 e. The molecule has 24 heavy (non-hydrogen) atoms. The highest BCUT2D eigenvalue weighted by Crippen LogP contribution is 2.18. The van der Waals surface area contributed by atoms with E-state index in [0.29, 0.717) is 26.3 Å². The van der Waals surface area contributed by atoms with E-state index in [2.05, 4.69) is 15.5 Å². The quantitative estimate of drug-likeness (QED) is 0.660. The van der Waals surface area contributed by atoms with Crippen molar-refractivity contribution in [1.82, 2.24) is 15.5 Å². The first kappa shape index (κ1) is 18.4. The largest absolute Gasteiger partial charge is 0.494 e. The zero-order chi connectivity index (χ0) is 17.0. The van der Waals surface area contributed by atoms with Crippen LogP contribution in [0.1, 0.15) is 6.92 Å². The third-order valence-corrected chi connectivity index (χ3v) is 3.59. The van der Waals surface area contributed by atoms with Crippen LogP contribution in [0, 0.1) is 0 Å². The van der Waals surface area contributed by atoms with E-state index in [9.17, 15) is 4.79 Å². The molecule has 7 nitrogen and oxygen atoms in total. The van der Waals surface area contributed by atoms with Gasteiger partial charge in [0.15, 0.2) is 0 Å². The first-order valence-electron chi connectivity index (χ1n) is 8.45. The molecule has 0 aliphatic carbocycles. The van der Waals surface area contributed by atoms with Gasteiger partial charge < -0.3 is 24.8 Å². The van der Waals surface area contributed by atoms with E-state index in [1.807, 2.05) is 31.2 Å². The molecule has 0 saturated carbocycles. The number of urea groups is 1. The maximum atomic E-state index is 11.7. The third kappa shape index (κ3) is 7.06. The first-order valence-corrected chi connectivity index (χ1v) is 8.45. The monoisotopic (exact) mass is 337 g/mol. The Hall–Kier alpha value is -1.99. The van der Waals surface area contributed by atoms with E-state index < -0.39 is 0 Å². The van der Waals surface area contributed by atoms with Gasteiger partial charge in [-0.3, -0.25) is 4.90 Å². The molecular formula is C17H27N3O4. The van der Waals surface area contributed by atoms with Crippen molar-refractivity contribution in [2.24, 2.45) is 0 Å². The van der Waals surface area contributed by atoms with Crippen molar-refractivity contribution in [3.05, 3.63) is 24.3 Å². The predicted molar refractivity (Wildman–Crippen MR) is 91.8 cm³/mol. The van der Waals surface area contributed by atoms with Crippen molar-refractivity contribution >= 4 is 6.03 Å². The number of ether oxygens (including phenoxy) is 3. The Kier molecular flexibility index (Phi) is 8.20. The molecule has 1 heterocycles. The topological polar surface area (TPSA) is 72.1 Å². The summed E-state index contributed by atoms with van der Waals surface area (Å²) in [6.45, 7) is 8.29. The van der Waals surface area contributed by atoms with Gasteiger partial charge in [0.25, 0.3) is 0 Å². The molecule has 0 unspecified atom stereocenters. The lowest BCUT2D eigenvalue weighted by molar-refractivity contribution is 0.0387. The number of rotatable bonds is 9. The molecule has 1 saturated heterocycles. The second-order valence-electron chi connectivity index (χ2n) is 5.39. The Morgan fingerprint density at radius 2 is 1.88 bits per heavy atom. The summed E-state index contributed by atoms with van der Waals surface area (Å²) in [7, 11) is 0. The van der Waals surface area contributed by atoms with Crippen LogP contribution in [0.2, 0.25) is 0 Å². The van der Waals surface area contributed by atoms with Crippen LogP contribution >= 0.6 is 0 Å². The zero-order valence-electron chi connectivity index (χ0n) is 14.3. The number of hydrogen-bond donors (Lipinski definition) is 2. The fourth-order valence-electron chi connectivity index (χ4n) is 2.37. The summed E-state index contributed by atoms with van der Waals surface area (Å²) >= 11 is 0. The van der Waals surface area contributed by atoms with Crippen molar-refractivity contribution in [3.63, 3.8) is 0 Å². The molecule has 2 rings (SSSR count). The standard InChI is InChI=1S/C17H27N3O4/c1-2-23-15-4-3-5-16(14-15)24-11-7-19-17(21)18-6-8-20-9-12-22-13-10-20/h3-5,14H,2,6-13H2,1H3,(H2,18,19,21). The van der Waals surface area contributed by atoms with Gasteiger partial charge in [-0.2, -0.15) is 0 Å². The molecule has 2 amide bonds. The lowest BCUT2D eigenvalue weighted by Crippen LogP contribution is -2.44. The van der Waals surface area contributed by atoms with Crippen LogP contribution in [-0.2, 0) is 4.74 Å². The highest BCUT2D eigenvalue weighted by atomic mass is 16.5. The summed E-state index contributed by atoms with van der Waals surface area (Å²) in [4.78, 5) is 14.0. The van der Waals surface area contributed by atoms with Crippen molar-refractivity contribution in [3.8, 4) is 11.5 Å². The number of amides is 2. The summed E-state index contributed by atoms with van der Waals surface area (Å²) in [6, 6.07) is 7.30. The lowest BCUT2D eigenvalue weighted by atomic mass is 10.3. The summed E-state index contributed by atoms with van der Waals surface area (Å²) < 4.78 is 16.3. The van der Waals surface area contributed by atoms with Crippen LogP contribution in [0.15, 0.2) is 24.3 Å². The lowest BCUT2D eigenvalue weighted by Gasteiger charge is -2.26. The normalized spacial score (nSPS) is 14.9. The molecule has 0 atom stereocenters. The van der Waals surface area contributed by atoms with Gasteiger partial charge in [-0.1, -0.05) is 6.07 Å². The first-order chi connectivity index (χ1) is 11.8. The average molecular weight is 337 g/mol. The molecule has 134 valence electrons. The number of nitrogens with zero attached hydrogens (tertiary/aromatic N) is 1. The van der Waals surface area contributed by atoms with Crippen LogP contribution < -0.4 is 20.1 Å². The van der Waals surface area contributed by atoms with Gasteiger partial charge in [0.2, 0.25) is 0 Å². The predicted octanol–water partition coefficient (Wildman–Crippen LogP) is 1.10. The van der Waals surface area contributed by atoms with Gasteiger partial charge >= 0.3 is 6.03 Å². The van der Waals surface area contributed by atoms with E-state index in [1.165, 1.54) is 0 Å². The molecule has 2 N–H and O–H groups in total. The minimum absolute atomic E-state index is 0.171. The van der Waals surface area contributed by atoms with Gasteiger partial charge in [-0.25, -0.2) is 4.79 Å². The van der Waals surface area contributed by atoms with Crippen molar-refractivity contribution in [1.29, 1.82) is 0 Å². The molecule has 0 aromatic heterocycles. The average Bonchev–Trinajstić information content (AvgIpc) is 2.60. The molecule has 1 aromatic rings. The van der Waals surface area contributed by atoms with Crippen LogP contribution in [0.3, 0.4) is 0 Å². The molecule has 0 radical (unpaired) electrons. The Labute approximate surface area is 143 Å². The van der Waals surface area contributed by atoms with E-state index in [1.54, 1.807) is 0 Å². The van der Waals surface area contributed by atoms with E-state index in [-0.39, 0.29) is 6.03 Å². The van der Waals surface area contributed by atoms with Crippen LogP contribution in [0.4, 0.5) is 4.79 Å². The second kappa shape index (κ2) is 10.7. The van der Waals surface area contributed by atoms with Crippen LogP contribution in [0.25, 0.3) is 0 Å². The van der Waals surface area contributed by atoms with E-state index in [0.717, 1.165) is 44.3 Å². The second-order valence-corrected chi connectivity index (χ2v) is 5.39. The van der Waals surface area contributed by atoms with Gasteiger partial charge in [0.05, 0.1) is 26.4 Å². The Bertz CT molecular complexity index is 492. The van der Waals surface area contributed by atoms with Crippen molar-refractivity contribution < 1.29 is 19.0 Å². The van der Waals surface area contributed by atoms with Gasteiger partial charge in [0.1, 0.15) is 18.1 Å². The summed E-state index contributed by atoms with van der Waals surface area (Å²) in [6.07, 6.45) is 0. The van der Waals surface area contributed by atoms with E-state index >= 15 is 0 Å². The minimum atomic E-state index is -0.171. The Morgan fingerprint density at radius 3 is 2.62 bits per heavy atom. The van der Waals surface area contributed by atoms with Crippen LogP contribution in [-0.4, -0.2) is 70.1 Å². The highest BCUT2D eigenvalue weighted by Gasteiger charge is 2.09. The molecular weight excluding hydrogens is 310 g/mol. The molecule has 1 aliphatic heterocycles. The fourth-order valence-corrected chi connectivity index (χ4v) is 2.37. The maximum absolute atomic E-state index is 11.7. The molecule has 1 aromatic carbocycles. The van der Waals surface area contributed by atoms with Crippen LogP contribution in [0.5, 0.6) is 11.5 Å². The number of nitrogens with one attached hydrogen (secondary N) is 2. The Balaban J connectivity index is 1.53. The Morgan fingerprint density at radius 1 is 1.17 bits per heavy atom. The fraction of sp³-hybridized carbons (Fsp3) is 0.588. The number of hydrogen-bond acceptors (Lipinski definition) is 5. The molecule has 1 aliphatic rings. The zero-order valence-corrected chi connectivity index (χ0v) is 14.3. The van der Waals surface area contributed by atoms with Gasteiger partial charge in [0, 0.05) is 32.2 Å². The number of carbonyl (C=O) groups excluding carboxylic acids is 1. The highest BCUT2D eigenvalue weighted by molar-refractivity contribution is 5.73. The SMILES string of the molecule is CCOc1cccc(OCCNC(=O)NCCN2CCOCC2)c1. The number of benzene rings is 1. The third-order valence-electron chi connectivity index (χ3n) is 3.59. The number of morpholine rings is 1. The summed E-state index contributed by atoms with van der Waals surface area (Å²) in [5.41, 5.74) is 0. The van der Waals surface area contributed by atoms with Gasteiger partial charge in [-0.15, -0.1) is 0 Å². The van der Waals surface area contributed by atoms with E-state index in [4.69, 9.17) is 14.2 Å².